The molecule has 2 aromatic rings. The number of benzene rings is 2. The third-order valence-corrected chi connectivity index (χ3v) is 3.06. The Morgan fingerprint density at radius 2 is 1.76 bits per heavy atom. The van der Waals surface area contributed by atoms with E-state index in [-0.39, 0.29) is 12.4 Å². The molecule has 0 aliphatic carbocycles. The molecular formula is C15H14ClFN2O2. The normalized spacial score (nSPS) is 11.8. The summed E-state index contributed by atoms with van der Waals surface area (Å²) in [5.74, 6) is -0.376. The van der Waals surface area contributed by atoms with Crippen LogP contribution in [0.3, 0.4) is 0 Å². The molecule has 110 valence electrons. The molecule has 2 rings (SSSR count). The van der Waals surface area contributed by atoms with Crippen molar-refractivity contribution in [3.8, 4) is 0 Å². The van der Waals surface area contributed by atoms with Crippen LogP contribution in [0.4, 0.5) is 14.9 Å². The number of rotatable bonds is 4. The van der Waals surface area contributed by atoms with E-state index in [1.165, 1.54) is 24.3 Å². The van der Waals surface area contributed by atoms with Crippen molar-refractivity contribution in [1.29, 1.82) is 0 Å². The van der Waals surface area contributed by atoms with E-state index in [4.69, 9.17) is 11.6 Å². The average molecular weight is 309 g/mol. The first-order valence-electron chi connectivity index (χ1n) is 6.28. The fourth-order valence-corrected chi connectivity index (χ4v) is 1.83. The lowest BCUT2D eigenvalue weighted by atomic mass is 10.1. The van der Waals surface area contributed by atoms with Crippen molar-refractivity contribution in [2.75, 3.05) is 11.9 Å². The van der Waals surface area contributed by atoms with E-state index in [1.807, 2.05) is 0 Å². The highest BCUT2D eigenvalue weighted by atomic mass is 35.5. The van der Waals surface area contributed by atoms with E-state index < -0.39 is 12.1 Å². The zero-order valence-corrected chi connectivity index (χ0v) is 11.8. The highest BCUT2D eigenvalue weighted by Gasteiger charge is 2.09. The molecule has 0 aliphatic heterocycles. The topological polar surface area (TPSA) is 61.4 Å². The molecule has 0 bridgehead atoms. The number of aliphatic hydroxyl groups is 1. The van der Waals surface area contributed by atoms with Crippen LogP contribution in [0.1, 0.15) is 11.7 Å². The predicted molar refractivity (Wildman–Crippen MR) is 79.8 cm³/mol. The van der Waals surface area contributed by atoms with Gasteiger partial charge >= 0.3 is 6.03 Å². The average Bonchev–Trinajstić information content (AvgIpc) is 2.48. The number of amides is 2. The molecule has 1 atom stereocenters. The maximum Gasteiger partial charge on any atom is 0.319 e. The van der Waals surface area contributed by atoms with Crippen LogP contribution in [-0.4, -0.2) is 17.7 Å². The monoisotopic (exact) mass is 308 g/mol. The molecule has 6 heteroatoms. The molecule has 4 nitrogen and oxygen atoms in total. The van der Waals surface area contributed by atoms with Gasteiger partial charge < -0.3 is 15.7 Å². The van der Waals surface area contributed by atoms with Gasteiger partial charge in [0.15, 0.2) is 0 Å². The molecule has 0 spiro atoms. The number of carbonyl (C=O) groups excluding carboxylic acids is 1. The first kappa shape index (κ1) is 15.3. The standard InChI is InChI=1S/C15H14ClFN2O2/c16-11-3-1-10(2-4-11)14(20)9-18-15(21)19-13-7-5-12(17)6-8-13/h1-8,14,20H,9H2,(H2,18,19,21). The van der Waals surface area contributed by atoms with Gasteiger partial charge in [-0.1, -0.05) is 23.7 Å². The fraction of sp³-hybridized carbons (Fsp3) is 0.133. The van der Waals surface area contributed by atoms with Gasteiger partial charge in [-0.2, -0.15) is 0 Å². The number of urea groups is 1. The van der Waals surface area contributed by atoms with E-state index in [1.54, 1.807) is 24.3 Å². The van der Waals surface area contributed by atoms with Crippen molar-refractivity contribution in [2.45, 2.75) is 6.10 Å². The van der Waals surface area contributed by atoms with Crippen LogP contribution in [0, 0.1) is 5.82 Å². The largest absolute Gasteiger partial charge is 0.387 e. The quantitative estimate of drug-likeness (QED) is 0.811. The Morgan fingerprint density at radius 1 is 1.14 bits per heavy atom. The number of aliphatic hydroxyl groups excluding tert-OH is 1. The summed E-state index contributed by atoms with van der Waals surface area (Å²) in [6.45, 7) is 0.0503. The van der Waals surface area contributed by atoms with Crippen LogP contribution in [0.25, 0.3) is 0 Å². The Balaban J connectivity index is 1.83. The van der Waals surface area contributed by atoms with Gasteiger partial charge in [0.25, 0.3) is 0 Å². The molecule has 3 N–H and O–H groups in total. The lowest BCUT2D eigenvalue weighted by Gasteiger charge is -2.13. The predicted octanol–water partition coefficient (Wildman–Crippen LogP) is 3.33. The molecule has 0 aromatic heterocycles. The van der Waals surface area contributed by atoms with Crippen molar-refractivity contribution in [3.05, 3.63) is 64.9 Å². The van der Waals surface area contributed by atoms with Gasteiger partial charge in [0.1, 0.15) is 5.82 Å². The maximum atomic E-state index is 12.7. The Morgan fingerprint density at radius 3 is 2.38 bits per heavy atom. The summed E-state index contributed by atoms with van der Waals surface area (Å²) < 4.78 is 12.7. The summed E-state index contributed by atoms with van der Waals surface area (Å²) in [6.07, 6.45) is -0.832. The molecule has 0 saturated heterocycles. The second-order valence-electron chi connectivity index (χ2n) is 4.41. The van der Waals surface area contributed by atoms with Crippen molar-refractivity contribution >= 4 is 23.3 Å². The molecule has 2 aromatic carbocycles. The summed E-state index contributed by atoms with van der Waals surface area (Å²) in [4.78, 5) is 11.6. The van der Waals surface area contributed by atoms with E-state index >= 15 is 0 Å². The molecule has 0 heterocycles. The first-order chi connectivity index (χ1) is 10.0. The molecule has 0 fully saturated rings. The second-order valence-corrected chi connectivity index (χ2v) is 4.85. The lowest BCUT2D eigenvalue weighted by molar-refractivity contribution is 0.175. The lowest BCUT2D eigenvalue weighted by Crippen LogP contribution is -2.32. The van der Waals surface area contributed by atoms with Gasteiger partial charge in [0, 0.05) is 17.3 Å². The van der Waals surface area contributed by atoms with Crippen LogP contribution in [0.2, 0.25) is 5.02 Å². The molecule has 1 unspecified atom stereocenters. The summed E-state index contributed by atoms with van der Waals surface area (Å²) >= 11 is 5.76. The Bertz CT molecular complexity index is 602. The highest BCUT2D eigenvalue weighted by molar-refractivity contribution is 6.30. The Kier molecular flexibility index (Phi) is 5.14. The number of hydrogen-bond acceptors (Lipinski definition) is 2. The van der Waals surface area contributed by atoms with Gasteiger partial charge in [0.2, 0.25) is 0 Å². The molecule has 2 amide bonds. The van der Waals surface area contributed by atoms with Crippen LogP contribution in [0.5, 0.6) is 0 Å². The zero-order chi connectivity index (χ0) is 15.2. The van der Waals surface area contributed by atoms with Gasteiger partial charge in [0.05, 0.1) is 6.10 Å². The summed E-state index contributed by atoms with van der Waals surface area (Å²) in [5, 5.41) is 15.6. The van der Waals surface area contributed by atoms with Crippen molar-refractivity contribution in [3.63, 3.8) is 0 Å². The number of halogens is 2. The van der Waals surface area contributed by atoms with E-state index in [0.717, 1.165) is 0 Å². The van der Waals surface area contributed by atoms with E-state index in [0.29, 0.717) is 16.3 Å². The van der Waals surface area contributed by atoms with Crippen molar-refractivity contribution in [1.82, 2.24) is 5.32 Å². The molecule has 0 aliphatic rings. The SMILES string of the molecule is O=C(NCC(O)c1ccc(Cl)cc1)Nc1ccc(F)cc1. The van der Waals surface area contributed by atoms with Crippen LogP contribution >= 0.6 is 11.6 Å². The third-order valence-electron chi connectivity index (χ3n) is 2.81. The number of hydrogen-bond donors (Lipinski definition) is 3. The molecule has 0 saturated carbocycles. The van der Waals surface area contributed by atoms with Crippen LogP contribution in [-0.2, 0) is 0 Å². The van der Waals surface area contributed by atoms with Crippen molar-refractivity contribution in [2.24, 2.45) is 0 Å². The molecule has 0 radical (unpaired) electrons. The van der Waals surface area contributed by atoms with Gasteiger partial charge in [-0.15, -0.1) is 0 Å². The summed E-state index contributed by atoms with van der Waals surface area (Å²) in [6, 6.07) is 11.6. The highest BCUT2D eigenvalue weighted by Crippen LogP contribution is 2.15. The zero-order valence-electron chi connectivity index (χ0n) is 11.0. The number of nitrogens with one attached hydrogen (secondary N) is 2. The third kappa shape index (κ3) is 4.73. The van der Waals surface area contributed by atoms with Gasteiger partial charge in [-0.05, 0) is 42.0 Å². The van der Waals surface area contributed by atoms with E-state index in [9.17, 15) is 14.3 Å². The summed E-state index contributed by atoms with van der Waals surface area (Å²) in [7, 11) is 0. The van der Waals surface area contributed by atoms with Crippen molar-refractivity contribution < 1.29 is 14.3 Å². The molecular weight excluding hydrogens is 295 g/mol. The van der Waals surface area contributed by atoms with Gasteiger partial charge in [-0.3, -0.25) is 0 Å². The van der Waals surface area contributed by atoms with Gasteiger partial charge in [-0.25, -0.2) is 9.18 Å². The second kappa shape index (κ2) is 7.06. The number of anilines is 1. The first-order valence-corrected chi connectivity index (χ1v) is 6.66. The number of carbonyl (C=O) groups is 1. The Labute approximate surface area is 126 Å². The Hall–Kier alpha value is -2.11. The smallest absolute Gasteiger partial charge is 0.319 e. The minimum absolute atomic E-state index is 0.0503. The maximum absolute atomic E-state index is 12.7. The minimum Gasteiger partial charge on any atom is -0.387 e. The van der Waals surface area contributed by atoms with Crippen LogP contribution in [0.15, 0.2) is 48.5 Å². The van der Waals surface area contributed by atoms with Crippen LogP contribution < -0.4 is 10.6 Å². The van der Waals surface area contributed by atoms with E-state index in [2.05, 4.69) is 10.6 Å². The minimum atomic E-state index is -0.832. The fourth-order valence-electron chi connectivity index (χ4n) is 1.70. The summed E-state index contributed by atoms with van der Waals surface area (Å²) in [5.41, 5.74) is 1.12. The molecule has 21 heavy (non-hydrogen) atoms.